The van der Waals surface area contributed by atoms with Crippen LogP contribution in [0.15, 0.2) is 0 Å². The van der Waals surface area contributed by atoms with Crippen LogP contribution in [0.1, 0.15) is 6.92 Å². The van der Waals surface area contributed by atoms with E-state index in [9.17, 15) is 0 Å². The summed E-state index contributed by atoms with van der Waals surface area (Å²) in [6.45, 7) is 4.28. The van der Waals surface area contributed by atoms with Crippen LogP contribution in [0.5, 0.6) is 0 Å². The highest BCUT2D eigenvalue weighted by Crippen LogP contribution is 1.88. The maximum Gasteiger partial charge on any atom is 0.0171 e. The zero-order valence-corrected chi connectivity index (χ0v) is 8.24. The molecule has 0 saturated heterocycles. The van der Waals surface area contributed by atoms with E-state index in [1.54, 1.807) is 0 Å². The standard InChI is InChI=1S/C5H11INP/c1-5(3-6)7-4-8-2/h4-5,7H,3H2,1-2H3. The molecule has 0 rings (SSSR count). The van der Waals surface area contributed by atoms with Crippen LogP contribution in [0.25, 0.3) is 0 Å². The molecule has 3 heteroatoms. The van der Waals surface area contributed by atoms with Crippen molar-refractivity contribution in [3.8, 4) is 0 Å². The molecule has 0 bridgehead atoms. The van der Waals surface area contributed by atoms with Crippen molar-refractivity contribution in [1.82, 2.24) is 5.32 Å². The predicted molar refractivity (Wildman–Crippen MR) is 50.4 cm³/mol. The number of hydrogen-bond acceptors (Lipinski definition) is 0. The van der Waals surface area contributed by atoms with Crippen LogP contribution in [-0.4, -0.2) is 23.1 Å². The second kappa shape index (κ2) is 5.99. The molecule has 0 aliphatic rings. The summed E-state index contributed by atoms with van der Waals surface area (Å²) in [5.41, 5.74) is 0. The minimum Gasteiger partial charge on any atom is -0.288 e. The van der Waals surface area contributed by atoms with Crippen LogP contribution in [0.3, 0.4) is 0 Å². The van der Waals surface area contributed by atoms with E-state index in [4.69, 9.17) is 0 Å². The van der Waals surface area contributed by atoms with Gasteiger partial charge in [0.25, 0.3) is 0 Å². The fraction of sp³-hybridized carbons (Fsp3) is 0.800. The number of alkyl halides is 1. The predicted octanol–water partition coefficient (Wildman–Crippen LogP) is 1.74. The van der Waals surface area contributed by atoms with Crippen molar-refractivity contribution in [3.63, 3.8) is 0 Å². The first-order valence-corrected chi connectivity index (χ1v) is 5.47. The Hall–Kier alpha value is 0.860. The first kappa shape index (κ1) is 8.86. The lowest BCUT2D eigenvalue weighted by atomic mass is 10.4. The zero-order valence-electron chi connectivity index (χ0n) is 5.19. The summed E-state index contributed by atoms with van der Waals surface area (Å²) < 4.78 is 1.17. The number of rotatable bonds is 3. The molecule has 1 unspecified atom stereocenters. The van der Waals surface area contributed by atoms with Crippen LogP contribution in [0.2, 0.25) is 0 Å². The van der Waals surface area contributed by atoms with Gasteiger partial charge in [0.1, 0.15) is 0 Å². The molecule has 0 aromatic heterocycles. The van der Waals surface area contributed by atoms with Gasteiger partial charge in [-0.15, -0.1) is 0 Å². The highest BCUT2D eigenvalue weighted by atomic mass is 127. The molecule has 1 N–H and O–H groups in total. The second-order valence-corrected chi connectivity index (χ2v) is 3.26. The second-order valence-electron chi connectivity index (χ2n) is 1.61. The Kier molecular flexibility index (Phi) is 6.63. The maximum absolute atomic E-state index is 3.24. The third-order valence-electron chi connectivity index (χ3n) is 0.720. The monoisotopic (exact) mass is 243 g/mol. The van der Waals surface area contributed by atoms with Crippen LogP contribution >= 0.6 is 30.8 Å². The van der Waals surface area contributed by atoms with E-state index in [0.29, 0.717) is 6.04 Å². The summed E-state index contributed by atoms with van der Waals surface area (Å²) in [5, 5.41) is 3.24. The summed E-state index contributed by atoms with van der Waals surface area (Å²) >= 11 is 2.37. The molecule has 48 valence electrons. The first-order valence-electron chi connectivity index (χ1n) is 2.54. The van der Waals surface area contributed by atoms with Gasteiger partial charge < -0.3 is 0 Å². The molecule has 0 amide bonds. The van der Waals surface area contributed by atoms with Gasteiger partial charge in [-0.2, -0.15) is 0 Å². The van der Waals surface area contributed by atoms with Gasteiger partial charge in [0.2, 0.25) is 0 Å². The maximum atomic E-state index is 3.24. The topological polar surface area (TPSA) is 12.0 Å². The van der Waals surface area contributed by atoms with Crippen molar-refractivity contribution in [2.75, 3.05) is 11.1 Å². The molecular formula is C5H11INP. The third kappa shape index (κ3) is 5.01. The van der Waals surface area contributed by atoms with Gasteiger partial charge in [-0.25, -0.2) is 0 Å². The molecule has 0 aliphatic heterocycles. The Bertz CT molecular complexity index is 74.8. The number of halogens is 1. The molecule has 0 radical (unpaired) electrons. The van der Waals surface area contributed by atoms with E-state index in [1.165, 1.54) is 12.6 Å². The van der Waals surface area contributed by atoms with Gasteiger partial charge in [-0.1, -0.05) is 30.8 Å². The van der Waals surface area contributed by atoms with Gasteiger partial charge >= 0.3 is 0 Å². The Morgan fingerprint density at radius 1 is 1.88 bits per heavy atom. The van der Waals surface area contributed by atoms with Gasteiger partial charge in [0.05, 0.1) is 0 Å². The molecule has 0 aliphatic carbocycles. The summed E-state index contributed by atoms with van der Waals surface area (Å²) in [4.78, 5) is 0. The van der Waals surface area contributed by atoms with Crippen LogP contribution in [0.4, 0.5) is 0 Å². The van der Waals surface area contributed by atoms with Crippen molar-refractivity contribution in [3.05, 3.63) is 0 Å². The molecule has 0 heterocycles. The molecule has 0 aromatic rings. The Morgan fingerprint density at radius 3 is 2.88 bits per heavy atom. The molecule has 1 atom stereocenters. The fourth-order valence-electron chi connectivity index (χ4n) is 0.246. The molecule has 0 aromatic carbocycles. The lowest BCUT2D eigenvalue weighted by molar-refractivity contribution is 0.771. The Balaban J connectivity index is 3.10. The average molecular weight is 243 g/mol. The highest BCUT2D eigenvalue weighted by molar-refractivity contribution is 14.1. The highest BCUT2D eigenvalue weighted by Gasteiger charge is 1.90. The molecule has 0 fully saturated rings. The lowest BCUT2D eigenvalue weighted by Crippen LogP contribution is -2.24. The minimum absolute atomic E-state index is 0.628. The van der Waals surface area contributed by atoms with Crippen molar-refractivity contribution >= 4 is 36.7 Å². The van der Waals surface area contributed by atoms with E-state index in [2.05, 4.69) is 47.4 Å². The van der Waals surface area contributed by atoms with E-state index >= 15 is 0 Å². The summed E-state index contributed by atoms with van der Waals surface area (Å²) in [6.07, 6.45) is 0. The van der Waals surface area contributed by atoms with Crippen LogP contribution < -0.4 is 5.32 Å². The van der Waals surface area contributed by atoms with E-state index in [0.717, 1.165) is 0 Å². The summed E-state index contributed by atoms with van der Waals surface area (Å²) in [6, 6.07) is 0.628. The molecule has 1 nitrogen and oxygen atoms in total. The van der Waals surface area contributed by atoms with Crippen molar-refractivity contribution in [1.29, 1.82) is 0 Å². The van der Waals surface area contributed by atoms with E-state index in [1.807, 2.05) is 0 Å². The lowest BCUT2D eigenvalue weighted by Gasteiger charge is -2.02. The van der Waals surface area contributed by atoms with Crippen molar-refractivity contribution < 1.29 is 0 Å². The molecule has 0 spiro atoms. The van der Waals surface area contributed by atoms with E-state index in [-0.39, 0.29) is 0 Å². The fourth-order valence-corrected chi connectivity index (χ4v) is 0.904. The smallest absolute Gasteiger partial charge is 0.0171 e. The van der Waals surface area contributed by atoms with Crippen LogP contribution in [0, 0.1) is 0 Å². The summed E-state index contributed by atoms with van der Waals surface area (Å²) in [7, 11) is 1.31. The first-order chi connectivity index (χ1) is 3.81. The number of hydrogen-bond donors (Lipinski definition) is 1. The van der Waals surface area contributed by atoms with Gasteiger partial charge in [-0.05, 0) is 13.6 Å². The van der Waals surface area contributed by atoms with Gasteiger partial charge in [-0.3, -0.25) is 5.32 Å². The van der Waals surface area contributed by atoms with Crippen molar-refractivity contribution in [2.24, 2.45) is 0 Å². The Labute approximate surface area is 66.2 Å². The van der Waals surface area contributed by atoms with Crippen molar-refractivity contribution in [2.45, 2.75) is 13.0 Å². The minimum atomic E-state index is 0.628. The third-order valence-corrected chi connectivity index (χ3v) is 2.45. The summed E-state index contributed by atoms with van der Waals surface area (Å²) in [5.74, 6) is 2.07. The van der Waals surface area contributed by atoms with Gasteiger partial charge in [0.15, 0.2) is 0 Å². The average Bonchev–Trinajstić information content (AvgIpc) is 1.83. The number of nitrogens with one attached hydrogen (secondary N) is 1. The van der Waals surface area contributed by atoms with Gasteiger partial charge in [0, 0.05) is 16.4 Å². The van der Waals surface area contributed by atoms with E-state index < -0.39 is 0 Å². The zero-order chi connectivity index (χ0) is 6.41. The molecular weight excluding hydrogens is 232 g/mol. The SMILES string of the molecule is C/P=C\NC(C)CI. The molecule has 8 heavy (non-hydrogen) atoms. The molecule has 0 saturated carbocycles. The normalized spacial score (nSPS) is 14.9. The van der Waals surface area contributed by atoms with Crippen LogP contribution in [-0.2, 0) is 0 Å². The largest absolute Gasteiger partial charge is 0.288 e. The quantitative estimate of drug-likeness (QED) is 0.452. The Morgan fingerprint density at radius 2 is 2.50 bits per heavy atom.